The van der Waals surface area contributed by atoms with Crippen molar-refractivity contribution in [3.63, 3.8) is 0 Å². The molecule has 1 amide bonds. The van der Waals surface area contributed by atoms with Gasteiger partial charge in [-0.3, -0.25) is 4.79 Å². The van der Waals surface area contributed by atoms with E-state index in [1.165, 1.54) is 17.3 Å². The first-order valence-electron chi connectivity index (χ1n) is 10.1. The van der Waals surface area contributed by atoms with Crippen molar-refractivity contribution < 1.29 is 9.53 Å². The van der Waals surface area contributed by atoms with E-state index in [0.717, 1.165) is 29.9 Å². The zero-order chi connectivity index (χ0) is 22.0. The number of methoxy groups -OCH3 is 1. The summed E-state index contributed by atoms with van der Waals surface area (Å²) < 4.78 is 7.13. The fraction of sp³-hybridized carbons (Fsp3) is 0.318. The lowest BCUT2D eigenvalue weighted by Crippen LogP contribution is -2.41. The van der Waals surface area contributed by atoms with Gasteiger partial charge in [0, 0.05) is 12.1 Å². The third-order valence-corrected chi connectivity index (χ3v) is 6.75. The van der Waals surface area contributed by atoms with Crippen LogP contribution in [-0.4, -0.2) is 33.1 Å². The number of aromatic nitrogens is 3. The molecule has 1 aromatic heterocycles. The number of fused-ring (bicyclic) bond motifs is 1. The first kappa shape index (κ1) is 21.5. The number of thioether (sulfide) groups is 1. The number of benzene rings is 2. The predicted octanol–water partition coefficient (Wildman–Crippen LogP) is 4.46. The molecule has 4 rings (SSSR count). The minimum Gasteiger partial charge on any atom is -0.495 e. The predicted molar refractivity (Wildman–Crippen MR) is 124 cm³/mol. The molecule has 162 valence electrons. The maximum atomic E-state index is 13.3. The van der Waals surface area contributed by atoms with E-state index in [-0.39, 0.29) is 11.9 Å². The average molecular weight is 458 g/mol. The molecular weight excluding hydrogens is 434 g/mol. The van der Waals surface area contributed by atoms with E-state index in [4.69, 9.17) is 16.3 Å². The second-order valence-electron chi connectivity index (χ2n) is 7.17. The molecule has 0 saturated carbocycles. The summed E-state index contributed by atoms with van der Waals surface area (Å²) >= 11 is 7.77. The third-order valence-electron chi connectivity index (χ3n) is 5.24. The third kappa shape index (κ3) is 4.36. The highest BCUT2D eigenvalue weighted by atomic mass is 35.5. The molecule has 0 spiro atoms. The van der Waals surface area contributed by atoms with Crippen LogP contribution in [-0.2, 0) is 17.6 Å². The number of halogens is 1. The van der Waals surface area contributed by atoms with Crippen molar-refractivity contribution in [1.29, 1.82) is 0 Å². The summed E-state index contributed by atoms with van der Waals surface area (Å²) in [5, 5.41) is 12.2. The number of rotatable bonds is 6. The van der Waals surface area contributed by atoms with E-state index in [0.29, 0.717) is 15.9 Å². The van der Waals surface area contributed by atoms with Gasteiger partial charge < -0.3 is 15.5 Å². The summed E-state index contributed by atoms with van der Waals surface area (Å²) in [5.41, 5.74) is 6.28. The second kappa shape index (κ2) is 9.20. The number of hydrogen-bond acceptors (Lipinski definition) is 6. The van der Waals surface area contributed by atoms with Gasteiger partial charge in [-0.2, -0.15) is 0 Å². The van der Waals surface area contributed by atoms with E-state index < -0.39 is 5.25 Å². The summed E-state index contributed by atoms with van der Waals surface area (Å²) in [4.78, 5) is 13.3. The van der Waals surface area contributed by atoms with Crippen LogP contribution in [0.15, 0.2) is 47.6 Å². The molecule has 0 saturated heterocycles. The lowest BCUT2D eigenvalue weighted by molar-refractivity contribution is -0.116. The van der Waals surface area contributed by atoms with Crippen LogP contribution in [0.5, 0.6) is 5.75 Å². The van der Waals surface area contributed by atoms with Crippen LogP contribution < -0.4 is 15.5 Å². The molecule has 1 aliphatic rings. The van der Waals surface area contributed by atoms with Gasteiger partial charge in [0.05, 0.1) is 18.2 Å². The number of carbonyl (C=O) groups excluding carboxylic acids is 1. The zero-order valence-electron chi connectivity index (χ0n) is 17.6. The molecule has 2 unspecified atom stereocenters. The number of hydrogen-bond donors (Lipinski definition) is 2. The van der Waals surface area contributed by atoms with Gasteiger partial charge in [0.1, 0.15) is 11.0 Å². The standard InChI is InChI=1S/C22H24ClN5O2S/c1-4-13-6-9-15(10-7-13)24-21(29)20-19(14-8-11-17(30-3)16(23)12-14)27-28-18(5-2)25-26-22(28)31-20/h6-12,19-20,27H,4-5H2,1-3H3,(H,24,29). The highest BCUT2D eigenvalue weighted by molar-refractivity contribution is 8.00. The first-order chi connectivity index (χ1) is 15.0. The second-order valence-corrected chi connectivity index (χ2v) is 8.68. The smallest absolute Gasteiger partial charge is 0.240 e. The highest BCUT2D eigenvalue weighted by Gasteiger charge is 2.38. The number of amides is 1. The summed E-state index contributed by atoms with van der Waals surface area (Å²) in [7, 11) is 1.58. The Labute approximate surface area is 190 Å². The van der Waals surface area contributed by atoms with Crippen LogP contribution in [0, 0.1) is 0 Å². The fourth-order valence-corrected chi connectivity index (χ4v) is 4.86. The Hall–Kier alpha value is -2.71. The molecular formula is C22H24ClN5O2S. The van der Waals surface area contributed by atoms with E-state index in [1.54, 1.807) is 7.11 Å². The Morgan fingerprint density at radius 3 is 2.61 bits per heavy atom. The zero-order valence-corrected chi connectivity index (χ0v) is 19.1. The molecule has 0 bridgehead atoms. The van der Waals surface area contributed by atoms with Gasteiger partial charge in [-0.15, -0.1) is 10.2 Å². The lowest BCUT2D eigenvalue weighted by Gasteiger charge is -2.33. The summed E-state index contributed by atoms with van der Waals surface area (Å²) in [6.45, 7) is 4.12. The minimum atomic E-state index is -0.475. The van der Waals surface area contributed by atoms with E-state index in [2.05, 4.69) is 27.9 Å². The van der Waals surface area contributed by atoms with Crippen LogP contribution in [0.3, 0.4) is 0 Å². The highest BCUT2D eigenvalue weighted by Crippen LogP contribution is 2.39. The van der Waals surface area contributed by atoms with Crippen molar-refractivity contribution in [2.75, 3.05) is 17.9 Å². The van der Waals surface area contributed by atoms with Gasteiger partial charge in [-0.05, 0) is 41.8 Å². The molecule has 2 atom stereocenters. The first-order valence-corrected chi connectivity index (χ1v) is 11.4. The van der Waals surface area contributed by atoms with Gasteiger partial charge in [-0.25, -0.2) is 4.68 Å². The number of nitrogens with one attached hydrogen (secondary N) is 2. The minimum absolute atomic E-state index is 0.119. The Bertz CT molecular complexity index is 1090. The van der Waals surface area contributed by atoms with Crippen LogP contribution in [0.25, 0.3) is 0 Å². The average Bonchev–Trinajstić information content (AvgIpc) is 3.20. The Kier molecular flexibility index (Phi) is 6.38. The molecule has 2 heterocycles. The van der Waals surface area contributed by atoms with Crippen LogP contribution in [0.1, 0.15) is 36.8 Å². The topological polar surface area (TPSA) is 81.1 Å². The SMILES string of the molecule is CCc1ccc(NC(=O)C2Sc3nnc(CC)n3NC2c2ccc(OC)c(Cl)c2)cc1. The maximum Gasteiger partial charge on any atom is 0.240 e. The van der Waals surface area contributed by atoms with E-state index in [9.17, 15) is 4.79 Å². The molecule has 2 N–H and O–H groups in total. The van der Waals surface area contributed by atoms with Gasteiger partial charge in [0.2, 0.25) is 11.1 Å². The summed E-state index contributed by atoms with van der Waals surface area (Å²) in [6.07, 6.45) is 1.67. The Morgan fingerprint density at radius 2 is 1.97 bits per heavy atom. The number of carbonyl (C=O) groups is 1. The van der Waals surface area contributed by atoms with Gasteiger partial charge in [-0.1, -0.05) is 55.4 Å². The van der Waals surface area contributed by atoms with Crippen LogP contribution in [0.2, 0.25) is 5.02 Å². The van der Waals surface area contributed by atoms with Crippen LogP contribution >= 0.6 is 23.4 Å². The van der Waals surface area contributed by atoms with Crippen molar-refractivity contribution in [3.05, 3.63) is 64.4 Å². The molecule has 0 fully saturated rings. The molecule has 9 heteroatoms. The van der Waals surface area contributed by atoms with Crippen molar-refractivity contribution in [2.45, 2.75) is 43.1 Å². The fourth-order valence-electron chi connectivity index (χ4n) is 3.49. The summed E-state index contributed by atoms with van der Waals surface area (Å²) in [6, 6.07) is 13.1. The number of nitrogens with zero attached hydrogens (tertiary/aromatic N) is 3. The van der Waals surface area contributed by atoms with Crippen LogP contribution in [0.4, 0.5) is 5.69 Å². The lowest BCUT2D eigenvalue weighted by atomic mass is 10.0. The van der Waals surface area contributed by atoms with Crippen molar-refractivity contribution in [1.82, 2.24) is 14.9 Å². The Morgan fingerprint density at radius 1 is 1.19 bits per heavy atom. The molecule has 31 heavy (non-hydrogen) atoms. The quantitative estimate of drug-likeness (QED) is 0.568. The van der Waals surface area contributed by atoms with Crippen molar-refractivity contribution in [3.8, 4) is 5.75 Å². The Balaban J connectivity index is 1.66. The number of aryl methyl sites for hydroxylation is 2. The maximum absolute atomic E-state index is 13.3. The number of anilines is 1. The molecule has 2 aromatic carbocycles. The molecule has 0 radical (unpaired) electrons. The van der Waals surface area contributed by atoms with E-state index >= 15 is 0 Å². The van der Waals surface area contributed by atoms with Gasteiger partial charge in [0.15, 0.2) is 5.82 Å². The summed E-state index contributed by atoms with van der Waals surface area (Å²) in [5.74, 6) is 1.28. The number of ether oxygens (including phenoxy) is 1. The van der Waals surface area contributed by atoms with Gasteiger partial charge >= 0.3 is 0 Å². The van der Waals surface area contributed by atoms with Crippen molar-refractivity contribution >= 4 is 35.0 Å². The van der Waals surface area contributed by atoms with Crippen molar-refractivity contribution in [2.24, 2.45) is 0 Å². The monoisotopic (exact) mass is 457 g/mol. The van der Waals surface area contributed by atoms with E-state index in [1.807, 2.05) is 54.1 Å². The molecule has 1 aliphatic heterocycles. The molecule has 7 nitrogen and oxygen atoms in total. The molecule has 3 aromatic rings. The normalized spacial score (nSPS) is 17.5. The molecule has 0 aliphatic carbocycles. The van der Waals surface area contributed by atoms with Gasteiger partial charge in [0.25, 0.3) is 0 Å². The largest absolute Gasteiger partial charge is 0.495 e.